The average molecular weight is 423 g/mol. The van der Waals surface area contributed by atoms with Crippen molar-refractivity contribution in [2.75, 3.05) is 59.4 Å². The fourth-order valence-corrected chi connectivity index (χ4v) is 5.44. The summed E-state index contributed by atoms with van der Waals surface area (Å²) in [7, 11) is 1.87. The van der Waals surface area contributed by atoms with E-state index in [9.17, 15) is 9.18 Å². The van der Waals surface area contributed by atoms with E-state index < -0.39 is 0 Å². The predicted molar refractivity (Wildman–Crippen MR) is 120 cm³/mol. The van der Waals surface area contributed by atoms with Gasteiger partial charge in [-0.15, -0.1) is 0 Å². The highest BCUT2D eigenvalue weighted by molar-refractivity contribution is 5.76. The van der Waals surface area contributed by atoms with Crippen LogP contribution in [-0.4, -0.2) is 85.0 Å². The molecule has 2 heterocycles. The topological polar surface area (TPSA) is 30.0 Å². The van der Waals surface area contributed by atoms with E-state index in [4.69, 9.17) is 0 Å². The average Bonchev–Trinajstić information content (AvgIpc) is 3.34. The highest BCUT2D eigenvalue weighted by atomic mass is 19.1. The smallest absolute Gasteiger partial charge is 0.319 e. The first kappa shape index (κ1) is 20.5. The van der Waals surface area contributed by atoms with Crippen LogP contribution >= 0.6 is 0 Å². The molecule has 2 aromatic rings. The zero-order valence-electron chi connectivity index (χ0n) is 18.2. The van der Waals surface area contributed by atoms with E-state index in [1.807, 2.05) is 24.1 Å². The SMILES string of the molecule is CN1CCN(CCN2CCN([C@@H]3C[C@@H](c4ccc(F)cc4)c4ccccc43)CC2)C1=O. The van der Waals surface area contributed by atoms with Crippen molar-refractivity contribution in [1.29, 1.82) is 0 Å². The normalized spacial score (nSPS) is 24.8. The van der Waals surface area contributed by atoms with Crippen LogP contribution in [-0.2, 0) is 0 Å². The van der Waals surface area contributed by atoms with E-state index in [-0.39, 0.29) is 11.8 Å². The first-order chi connectivity index (χ1) is 15.1. The van der Waals surface area contributed by atoms with E-state index >= 15 is 0 Å². The molecule has 0 radical (unpaired) electrons. The molecule has 3 aliphatic rings. The lowest BCUT2D eigenvalue weighted by atomic mass is 9.93. The van der Waals surface area contributed by atoms with Crippen molar-refractivity contribution in [2.45, 2.75) is 18.4 Å². The zero-order chi connectivity index (χ0) is 21.4. The molecular formula is C25H31FN4O. The number of halogens is 1. The number of likely N-dealkylation sites (N-methyl/N-ethyl adjacent to an activating group) is 1. The van der Waals surface area contributed by atoms with Crippen LogP contribution in [0, 0.1) is 5.82 Å². The van der Waals surface area contributed by atoms with Crippen molar-refractivity contribution in [3.63, 3.8) is 0 Å². The summed E-state index contributed by atoms with van der Waals surface area (Å²) >= 11 is 0. The van der Waals surface area contributed by atoms with E-state index in [1.54, 1.807) is 17.0 Å². The molecule has 2 amide bonds. The number of rotatable bonds is 5. The van der Waals surface area contributed by atoms with E-state index in [0.29, 0.717) is 12.0 Å². The number of urea groups is 1. The second kappa shape index (κ2) is 8.60. The van der Waals surface area contributed by atoms with Gasteiger partial charge in [-0.05, 0) is 35.2 Å². The molecule has 0 bridgehead atoms. The van der Waals surface area contributed by atoms with Gasteiger partial charge in [0.2, 0.25) is 0 Å². The van der Waals surface area contributed by atoms with Crippen molar-refractivity contribution in [1.82, 2.24) is 19.6 Å². The van der Waals surface area contributed by atoms with E-state index in [1.165, 1.54) is 16.7 Å². The lowest BCUT2D eigenvalue weighted by molar-refractivity contribution is 0.0902. The Hall–Kier alpha value is -2.44. The quantitative estimate of drug-likeness (QED) is 0.740. The Morgan fingerprint density at radius 3 is 2.26 bits per heavy atom. The summed E-state index contributed by atoms with van der Waals surface area (Å²) in [6.45, 7) is 7.62. The summed E-state index contributed by atoms with van der Waals surface area (Å²) in [5.74, 6) is 0.156. The molecule has 5 nitrogen and oxygen atoms in total. The second-order valence-electron chi connectivity index (χ2n) is 9.05. The van der Waals surface area contributed by atoms with Crippen LogP contribution in [0.25, 0.3) is 0 Å². The fraction of sp³-hybridized carbons (Fsp3) is 0.480. The van der Waals surface area contributed by atoms with Crippen LogP contribution in [0.15, 0.2) is 48.5 Å². The number of hydrogen-bond acceptors (Lipinski definition) is 3. The molecule has 0 unspecified atom stereocenters. The van der Waals surface area contributed by atoms with E-state index in [2.05, 4.69) is 34.1 Å². The number of carbonyl (C=O) groups is 1. The standard InChI is InChI=1S/C25H31FN4O/c1-27-10-14-30(25(27)31)17-13-28-11-15-29(16-12-28)24-18-23(19-6-8-20(26)9-7-19)21-4-2-3-5-22(21)24/h2-9,23-24H,10-18H2,1H3/t23-,24+/m0/s1. The minimum atomic E-state index is -0.176. The van der Waals surface area contributed by atoms with Gasteiger partial charge in [-0.25, -0.2) is 9.18 Å². The Morgan fingerprint density at radius 1 is 0.871 bits per heavy atom. The van der Waals surface area contributed by atoms with Crippen LogP contribution < -0.4 is 0 Å². The molecule has 2 aliphatic heterocycles. The third-order valence-corrected chi connectivity index (χ3v) is 7.30. The first-order valence-electron chi connectivity index (χ1n) is 11.4. The Labute approximate surface area is 184 Å². The molecule has 2 saturated heterocycles. The van der Waals surface area contributed by atoms with Crippen LogP contribution in [0.4, 0.5) is 9.18 Å². The van der Waals surface area contributed by atoms with Gasteiger partial charge < -0.3 is 9.80 Å². The van der Waals surface area contributed by atoms with Gasteiger partial charge in [0.05, 0.1) is 0 Å². The lowest BCUT2D eigenvalue weighted by Gasteiger charge is -2.39. The van der Waals surface area contributed by atoms with Crippen LogP contribution in [0.3, 0.4) is 0 Å². The summed E-state index contributed by atoms with van der Waals surface area (Å²) in [4.78, 5) is 21.0. The molecule has 0 N–H and O–H groups in total. The minimum Gasteiger partial charge on any atom is -0.326 e. The molecule has 0 aromatic heterocycles. The van der Waals surface area contributed by atoms with Gasteiger partial charge >= 0.3 is 6.03 Å². The molecule has 0 saturated carbocycles. The van der Waals surface area contributed by atoms with Crippen molar-refractivity contribution < 1.29 is 9.18 Å². The predicted octanol–water partition coefficient (Wildman–Crippen LogP) is 3.39. The Morgan fingerprint density at radius 2 is 1.58 bits per heavy atom. The van der Waals surface area contributed by atoms with Crippen LogP contribution in [0.1, 0.15) is 35.1 Å². The summed E-state index contributed by atoms with van der Waals surface area (Å²) < 4.78 is 13.4. The highest BCUT2D eigenvalue weighted by Crippen LogP contribution is 2.46. The molecule has 31 heavy (non-hydrogen) atoms. The molecule has 6 heteroatoms. The molecule has 164 valence electrons. The van der Waals surface area contributed by atoms with Crippen LogP contribution in [0.2, 0.25) is 0 Å². The summed E-state index contributed by atoms with van der Waals surface area (Å²) in [6.07, 6.45) is 1.06. The lowest BCUT2D eigenvalue weighted by Crippen LogP contribution is -2.49. The van der Waals surface area contributed by atoms with Gasteiger partial charge in [0.1, 0.15) is 5.82 Å². The second-order valence-corrected chi connectivity index (χ2v) is 9.05. The summed E-state index contributed by atoms with van der Waals surface area (Å²) in [5, 5.41) is 0. The zero-order valence-corrected chi connectivity index (χ0v) is 18.2. The van der Waals surface area contributed by atoms with Gasteiger partial charge in [-0.1, -0.05) is 36.4 Å². The maximum Gasteiger partial charge on any atom is 0.319 e. The Balaban J connectivity index is 1.21. The maximum atomic E-state index is 13.4. The number of hydrogen-bond donors (Lipinski definition) is 0. The fourth-order valence-electron chi connectivity index (χ4n) is 5.44. The molecule has 2 atom stereocenters. The summed E-state index contributed by atoms with van der Waals surface area (Å²) in [6, 6.07) is 16.4. The monoisotopic (exact) mass is 422 g/mol. The van der Waals surface area contributed by atoms with Gasteiger partial charge in [-0.2, -0.15) is 0 Å². The molecule has 5 rings (SSSR count). The summed E-state index contributed by atoms with van der Waals surface area (Å²) in [5.41, 5.74) is 4.02. The number of piperazine rings is 1. The van der Waals surface area contributed by atoms with Gasteiger partial charge in [0.25, 0.3) is 0 Å². The van der Waals surface area contributed by atoms with Crippen molar-refractivity contribution in [3.05, 3.63) is 71.0 Å². The maximum absolute atomic E-state index is 13.4. The number of nitrogens with zero attached hydrogens (tertiary/aromatic N) is 4. The van der Waals surface area contributed by atoms with Gasteiger partial charge in [0.15, 0.2) is 0 Å². The number of amides is 2. The number of carbonyl (C=O) groups excluding carboxylic acids is 1. The molecule has 2 aromatic carbocycles. The van der Waals surface area contributed by atoms with Gasteiger partial charge in [-0.3, -0.25) is 9.80 Å². The van der Waals surface area contributed by atoms with Crippen molar-refractivity contribution in [2.24, 2.45) is 0 Å². The Kier molecular flexibility index (Phi) is 5.67. The largest absolute Gasteiger partial charge is 0.326 e. The molecule has 1 aliphatic carbocycles. The highest BCUT2D eigenvalue weighted by Gasteiger charge is 2.36. The molecule has 0 spiro atoms. The third kappa shape index (κ3) is 4.06. The molecule has 2 fully saturated rings. The Bertz CT molecular complexity index is 925. The van der Waals surface area contributed by atoms with E-state index in [0.717, 1.165) is 58.8 Å². The number of benzene rings is 2. The number of fused-ring (bicyclic) bond motifs is 1. The van der Waals surface area contributed by atoms with Gasteiger partial charge in [0, 0.05) is 71.4 Å². The third-order valence-electron chi connectivity index (χ3n) is 7.30. The molecular weight excluding hydrogens is 391 g/mol. The minimum absolute atomic E-state index is 0.160. The van der Waals surface area contributed by atoms with Crippen molar-refractivity contribution in [3.8, 4) is 0 Å². The first-order valence-corrected chi connectivity index (χ1v) is 11.4. The van der Waals surface area contributed by atoms with Crippen molar-refractivity contribution >= 4 is 6.03 Å². The van der Waals surface area contributed by atoms with Crippen LogP contribution in [0.5, 0.6) is 0 Å².